The minimum absolute atomic E-state index is 0. The number of pyridine rings is 4. The van der Waals surface area contributed by atoms with Crippen LogP contribution in [0.1, 0.15) is 22.3 Å². The van der Waals surface area contributed by atoms with Gasteiger partial charge in [-0.3, -0.25) is 28.4 Å². The molecule has 0 saturated heterocycles. The van der Waals surface area contributed by atoms with E-state index in [-0.39, 0.29) is 24.0 Å². The first-order valence-electron chi connectivity index (χ1n) is 9.89. The van der Waals surface area contributed by atoms with Gasteiger partial charge in [0.1, 0.15) is 0 Å². The molecule has 0 aromatic carbocycles. The van der Waals surface area contributed by atoms with E-state index in [0.717, 1.165) is 22.8 Å². The molecule has 181 valence electrons. The number of rotatable bonds is 2. The second-order valence-corrected chi connectivity index (χ2v) is 8.10. The van der Waals surface area contributed by atoms with E-state index in [0.29, 0.717) is 0 Å². The number of nitrogens with zero attached hydrogens (tertiary/aromatic N) is 4. The molecule has 4 heterocycles. The van der Waals surface area contributed by atoms with Gasteiger partial charge in [-0.15, -0.1) is 0 Å². The van der Waals surface area contributed by atoms with Crippen molar-refractivity contribution in [2.75, 3.05) is 0 Å². The third kappa shape index (κ3) is 12.9. The summed E-state index contributed by atoms with van der Waals surface area (Å²) in [4.78, 5) is 17.2. The number of aromatic nitrogens is 4. The fourth-order valence-electron chi connectivity index (χ4n) is 2.70. The molecule has 4 aromatic rings. The van der Waals surface area contributed by atoms with Gasteiger partial charge < -0.3 is 14.6 Å². The molecule has 0 aliphatic heterocycles. The Bertz CT molecular complexity index is 1140. The van der Waals surface area contributed by atoms with Crippen molar-refractivity contribution in [3.63, 3.8) is 0 Å². The zero-order chi connectivity index (χ0) is 24.4. The zero-order valence-corrected chi connectivity index (χ0v) is 21.8. The first-order chi connectivity index (χ1) is 15.5. The fourth-order valence-corrected chi connectivity index (χ4v) is 2.70. The maximum Gasteiger partial charge on any atom is 4.00 e. The zero-order valence-electron chi connectivity index (χ0n) is 19.6. The Morgan fingerprint density at radius 1 is 0.543 bits per heavy atom. The van der Waals surface area contributed by atoms with Gasteiger partial charge in [0.05, 0.1) is 22.8 Å². The van der Waals surface area contributed by atoms with Crippen LogP contribution >= 0.6 is 0 Å². The van der Waals surface area contributed by atoms with E-state index in [1.54, 1.807) is 0 Å². The summed E-state index contributed by atoms with van der Waals surface area (Å²) in [5, 5.41) is 0. The summed E-state index contributed by atoms with van der Waals surface area (Å²) in [6, 6.07) is 16.1. The van der Waals surface area contributed by atoms with Gasteiger partial charge in [-0.1, -0.05) is 0 Å². The third-order valence-electron chi connectivity index (χ3n) is 4.19. The van der Waals surface area contributed by atoms with Crippen molar-refractivity contribution in [2.45, 2.75) is 27.7 Å². The Morgan fingerprint density at radius 3 is 0.857 bits per heavy atom. The number of hydrogen-bond donors (Lipinski definition) is 0. The van der Waals surface area contributed by atoms with Crippen LogP contribution < -0.4 is 0 Å². The van der Waals surface area contributed by atoms with E-state index in [9.17, 15) is 0 Å². The number of hydrogen-bond acceptors (Lipinski definition) is 8. The van der Waals surface area contributed by atoms with Gasteiger partial charge in [0.2, 0.25) is 0 Å². The summed E-state index contributed by atoms with van der Waals surface area (Å²) < 4.78 is 34.1. The average molecular weight is 531 g/mol. The van der Waals surface area contributed by atoms with Crippen molar-refractivity contribution in [3.8, 4) is 22.8 Å². The molecule has 1 radical (unpaired) electrons. The molecule has 0 atom stereocenters. The topological polar surface area (TPSA) is 160 Å². The van der Waals surface area contributed by atoms with Gasteiger partial charge in [0.25, 0.3) is 0 Å². The molecular weight excluding hydrogens is 507 g/mol. The molecule has 0 saturated carbocycles. The maximum atomic E-state index is 8.52. The van der Waals surface area contributed by atoms with Gasteiger partial charge in [-0.2, -0.15) is 0 Å². The van der Waals surface area contributed by atoms with E-state index in [4.69, 9.17) is 17.5 Å². The molecule has 0 spiro atoms. The predicted octanol–water partition coefficient (Wildman–Crippen LogP) is 4.06. The molecule has 0 bridgehead atoms. The van der Waals surface area contributed by atoms with Crippen molar-refractivity contribution in [1.29, 1.82) is 0 Å². The summed E-state index contributed by atoms with van der Waals surface area (Å²) in [6.07, 6.45) is 7.26. The van der Waals surface area contributed by atoms with Crippen LogP contribution in [0.3, 0.4) is 0 Å². The van der Waals surface area contributed by atoms with Crippen LogP contribution in [-0.4, -0.2) is 37.5 Å². The molecule has 4 rings (SSSR count). The van der Waals surface area contributed by atoms with E-state index >= 15 is 0 Å². The molecular formula is C24H24N4O5SV. The SMILES string of the molecule is Cc1ccnc(-c2cc(C)ccn2)c1.Cc1ccnc(-c2cc(C)ccn2)c1.O=S(=O)([O-])[O-].[O-2].[V+4]. The molecule has 0 fully saturated rings. The van der Waals surface area contributed by atoms with Crippen LogP contribution in [0.25, 0.3) is 22.8 Å². The molecule has 0 amide bonds. The van der Waals surface area contributed by atoms with Crippen molar-refractivity contribution < 1.29 is 41.6 Å². The van der Waals surface area contributed by atoms with Gasteiger partial charge >= 0.3 is 18.6 Å². The van der Waals surface area contributed by atoms with Gasteiger partial charge in [-0.25, -0.2) is 0 Å². The molecule has 0 N–H and O–H groups in total. The Morgan fingerprint density at radius 2 is 0.714 bits per heavy atom. The minimum Gasteiger partial charge on any atom is -2.00 e. The Labute approximate surface area is 217 Å². The van der Waals surface area contributed by atoms with Crippen LogP contribution in [0.4, 0.5) is 0 Å². The second-order valence-electron chi connectivity index (χ2n) is 7.28. The average Bonchev–Trinajstić information content (AvgIpc) is 2.73. The second kappa shape index (κ2) is 15.1. The standard InChI is InChI=1S/2C12H12N2.H2O4S.O.V/c2*1-9-3-5-13-11(7-9)12-8-10(2)4-6-14-12;1-5(2,3)4;;/h2*3-8H,1-2H3;(H2,1,2,3,4);;/q;;;-2;+4/p-2. The molecule has 9 nitrogen and oxygen atoms in total. The molecule has 11 heteroatoms. The minimum atomic E-state index is -5.17. The molecule has 0 unspecified atom stereocenters. The Kier molecular flexibility index (Phi) is 13.8. The van der Waals surface area contributed by atoms with E-state index in [1.165, 1.54) is 22.3 Å². The first kappa shape index (κ1) is 32.0. The largest absolute Gasteiger partial charge is 4.00 e. The van der Waals surface area contributed by atoms with Gasteiger partial charge in [0.15, 0.2) is 0 Å². The van der Waals surface area contributed by atoms with Crippen molar-refractivity contribution >= 4 is 10.4 Å². The first-order valence-corrected chi connectivity index (χ1v) is 11.2. The van der Waals surface area contributed by atoms with Gasteiger partial charge in [-0.05, 0) is 98.5 Å². The summed E-state index contributed by atoms with van der Waals surface area (Å²) in [5.41, 5.74) is 8.58. The molecule has 35 heavy (non-hydrogen) atoms. The summed E-state index contributed by atoms with van der Waals surface area (Å²) in [5.74, 6) is 0. The smallest absolute Gasteiger partial charge is 2.00 e. The van der Waals surface area contributed by atoms with Crippen LogP contribution in [0, 0.1) is 27.7 Å². The summed E-state index contributed by atoms with van der Waals surface area (Å²) >= 11 is 0. The number of aryl methyl sites for hydroxylation is 4. The van der Waals surface area contributed by atoms with E-state index < -0.39 is 10.4 Å². The summed E-state index contributed by atoms with van der Waals surface area (Å²) in [6.45, 7) is 8.23. The van der Waals surface area contributed by atoms with Gasteiger partial charge in [0, 0.05) is 35.2 Å². The maximum absolute atomic E-state index is 8.52. The Balaban J connectivity index is 0.000000531. The quantitative estimate of drug-likeness (QED) is 0.276. The normalized spacial score (nSPS) is 9.77. The van der Waals surface area contributed by atoms with E-state index in [2.05, 4.69) is 47.6 Å². The molecule has 4 aromatic heterocycles. The van der Waals surface area contributed by atoms with Crippen LogP contribution in [0.5, 0.6) is 0 Å². The Hall–Kier alpha value is -2.99. The van der Waals surface area contributed by atoms with Crippen LogP contribution in [0.15, 0.2) is 73.3 Å². The molecule has 0 aliphatic carbocycles. The third-order valence-corrected chi connectivity index (χ3v) is 4.19. The van der Waals surface area contributed by atoms with Crippen molar-refractivity contribution in [1.82, 2.24) is 19.9 Å². The molecule has 0 aliphatic rings. The van der Waals surface area contributed by atoms with Crippen molar-refractivity contribution in [3.05, 3.63) is 95.6 Å². The van der Waals surface area contributed by atoms with Crippen LogP contribution in [-0.2, 0) is 34.4 Å². The van der Waals surface area contributed by atoms with Crippen LogP contribution in [0.2, 0.25) is 0 Å². The fraction of sp³-hybridized carbons (Fsp3) is 0.167. The van der Waals surface area contributed by atoms with E-state index in [1.807, 2.05) is 73.3 Å². The van der Waals surface area contributed by atoms with Crippen molar-refractivity contribution in [2.24, 2.45) is 0 Å². The predicted molar refractivity (Wildman–Crippen MR) is 125 cm³/mol. The summed E-state index contributed by atoms with van der Waals surface area (Å²) in [7, 11) is -5.17. The monoisotopic (exact) mass is 531 g/mol.